The van der Waals surface area contributed by atoms with Gasteiger partial charge in [0, 0.05) is 16.2 Å². The third-order valence-corrected chi connectivity index (χ3v) is 4.03. The number of nitrogens with zero attached hydrogens (tertiary/aromatic N) is 2. The van der Waals surface area contributed by atoms with Crippen molar-refractivity contribution >= 4 is 43.2 Å². The van der Waals surface area contributed by atoms with Crippen LogP contribution in [0.2, 0.25) is 0 Å². The molecule has 0 unspecified atom stereocenters. The highest BCUT2D eigenvalue weighted by Gasteiger charge is 2.08. The van der Waals surface area contributed by atoms with Gasteiger partial charge in [-0.2, -0.15) is 0 Å². The summed E-state index contributed by atoms with van der Waals surface area (Å²) in [6.07, 6.45) is 3.32. The van der Waals surface area contributed by atoms with Crippen LogP contribution in [-0.2, 0) is 0 Å². The Morgan fingerprint density at radius 1 is 1.31 bits per heavy atom. The fraction of sp³-hybridized carbons (Fsp3) is 0. The number of halogens is 2. The minimum Gasteiger partial charge on any atom is -0.244 e. The molecule has 0 aliphatic carbocycles. The third kappa shape index (κ3) is 1.82. The van der Waals surface area contributed by atoms with Crippen molar-refractivity contribution < 1.29 is 0 Å². The third-order valence-electron chi connectivity index (χ3n) is 1.53. The fourth-order valence-corrected chi connectivity index (χ4v) is 3.07. The molecule has 0 N–H and O–H groups in total. The first-order valence-corrected chi connectivity index (χ1v) is 5.94. The summed E-state index contributed by atoms with van der Waals surface area (Å²) in [4.78, 5) is 9.20. The van der Waals surface area contributed by atoms with Gasteiger partial charge in [0.2, 0.25) is 0 Å². The summed E-state index contributed by atoms with van der Waals surface area (Å²) in [7, 11) is 0. The van der Waals surface area contributed by atoms with E-state index in [1.54, 1.807) is 17.5 Å². The Balaban J connectivity index is 2.59. The lowest BCUT2D eigenvalue weighted by Crippen LogP contribution is -1.83. The van der Waals surface area contributed by atoms with Gasteiger partial charge in [-0.05, 0) is 43.3 Å². The van der Waals surface area contributed by atoms with Gasteiger partial charge in [-0.15, -0.1) is 11.3 Å². The van der Waals surface area contributed by atoms with Crippen LogP contribution in [0.3, 0.4) is 0 Å². The van der Waals surface area contributed by atoms with Gasteiger partial charge in [-0.3, -0.25) is 0 Å². The molecule has 0 aromatic carbocycles. The molecule has 0 saturated heterocycles. The molecule has 0 aliphatic heterocycles. The molecule has 2 rings (SSSR count). The van der Waals surface area contributed by atoms with Crippen LogP contribution in [0.5, 0.6) is 0 Å². The number of rotatable bonds is 1. The van der Waals surface area contributed by atoms with Crippen LogP contribution in [0.15, 0.2) is 33.0 Å². The second-order valence-corrected chi connectivity index (χ2v) is 4.85. The Bertz CT molecular complexity index is 428. The topological polar surface area (TPSA) is 25.8 Å². The minimum absolute atomic E-state index is 0.825. The molecule has 0 aliphatic rings. The quantitative estimate of drug-likeness (QED) is 0.748. The number of hydrogen-bond donors (Lipinski definition) is 0. The van der Waals surface area contributed by atoms with Crippen molar-refractivity contribution in [3.8, 4) is 10.4 Å². The molecule has 0 amide bonds. The average molecular weight is 320 g/mol. The number of thiophene rings is 1. The molecule has 2 aromatic rings. The summed E-state index contributed by atoms with van der Waals surface area (Å²) in [6, 6.07) is 2.01. The van der Waals surface area contributed by atoms with E-state index in [4.69, 9.17) is 0 Å². The molecule has 13 heavy (non-hydrogen) atoms. The summed E-state index contributed by atoms with van der Waals surface area (Å²) in [5.74, 6) is 0. The summed E-state index contributed by atoms with van der Waals surface area (Å²) < 4.78 is 1.90. The molecule has 0 bridgehead atoms. The summed E-state index contributed by atoms with van der Waals surface area (Å²) >= 11 is 8.52. The number of hydrogen-bond acceptors (Lipinski definition) is 3. The lowest BCUT2D eigenvalue weighted by atomic mass is 10.3. The van der Waals surface area contributed by atoms with E-state index in [0.717, 1.165) is 19.5 Å². The largest absolute Gasteiger partial charge is 0.244 e. The zero-order valence-corrected chi connectivity index (χ0v) is 10.4. The van der Waals surface area contributed by atoms with Gasteiger partial charge in [0.1, 0.15) is 10.9 Å². The van der Waals surface area contributed by atoms with Crippen molar-refractivity contribution in [3.05, 3.63) is 33.0 Å². The molecule has 0 spiro atoms. The van der Waals surface area contributed by atoms with E-state index in [1.165, 1.54) is 6.33 Å². The lowest BCUT2D eigenvalue weighted by molar-refractivity contribution is 1.14. The second kappa shape index (κ2) is 3.86. The molecule has 2 heterocycles. The molecule has 0 saturated carbocycles. The van der Waals surface area contributed by atoms with Crippen LogP contribution in [0, 0.1) is 0 Å². The van der Waals surface area contributed by atoms with Crippen molar-refractivity contribution in [2.75, 3.05) is 0 Å². The highest BCUT2D eigenvalue weighted by molar-refractivity contribution is 9.11. The molecule has 2 nitrogen and oxygen atoms in total. The van der Waals surface area contributed by atoms with Crippen LogP contribution in [0.25, 0.3) is 10.4 Å². The zero-order valence-electron chi connectivity index (χ0n) is 6.37. The highest BCUT2D eigenvalue weighted by atomic mass is 79.9. The Morgan fingerprint density at radius 2 is 2.15 bits per heavy atom. The van der Waals surface area contributed by atoms with E-state index < -0.39 is 0 Å². The predicted octanol–water partition coefficient (Wildman–Crippen LogP) is 3.73. The molecule has 0 radical (unpaired) electrons. The van der Waals surface area contributed by atoms with E-state index in [1.807, 2.05) is 11.4 Å². The molecular weight excluding hydrogens is 316 g/mol. The van der Waals surface area contributed by atoms with Crippen molar-refractivity contribution in [2.24, 2.45) is 0 Å². The molecular formula is C8H4Br2N2S. The van der Waals surface area contributed by atoms with E-state index >= 15 is 0 Å². The normalized spacial score (nSPS) is 10.3. The van der Waals surface area contributed by atoms with Gasteiger partial charge < -0.3 is 0 Å². The SMILES string of the molecule is Brc1ccsc1-c1cncnc1Br. The maximum atomic E-state index is 4.07. The van der Waals surface area contributed by atoms with Crippen LogP contribution >= 0.6 is 43.2 Å². The first-order chi connectivity index (χ1) is 6.29. The Hall–Kier alpha value is -0.260. The second-order valence-electron chi connectivity index (χ2n) is 2.32. The Labute approximate surface area is 96.3 Å². The molecule has 5 heteroatoms. The minimum atomic E-state index is 0.825. The van der Waals surface area contributed by atoms with Crippen molar-refractivity contribution in [1.29, 1.82) is 0 Å². The van der Waals surface area contributed by atoms with E-state index in [-0.39, 0.29) is 0 Å². The Morgan fingerprint density at radius 3 is 2.77 bits per heavy atom. The standard InChI is InChI=1S/C8H4Br2N2S/c9-6-1-2-13-7(6)5-3-11-4-12-8(5)10/h1-4H. The maximum absolute atomic E-state index is 4.07. The fourth-order valence-electron chi connectivity index (χ4n) is 0.953. The van der Waals surface area contributed by atoms with Crippen LogP contribution in [0.4, 0.5) is 0 Å². The first kappa shape index (κ1) is 9.30. The monoisotopic (exact) mass is 318 g/mol. The summed E-state index contributed by atoms with van der Waals surface area (Å²) in [5.41, 5.74) is 1.02. The smallest absolute Gasteiger partial charge is 0.118 e. The van der Waals surface area contributed by atoms with Crippen molar-refractivity contribution in [1.82, 2.24) is 9.97 Å². The van der Waals surface area contributed by atoms with E-state index in [9.17, 15) is 0 Å². The molecule has 0 atom stereocenters. The lowest BCUT2D eigenvalue weighted by Gasteiger charge is -1.99. The molecule has 0 fully saturated rings. The average Bonchev–Trinajstić information content (AvgIpc) is 2.52. The van der Waals surface area contributed by atoms with Gasteiger partial charge in [-0.25, -0.2) is 9.97 Å². The maximum Gasteiger partial charge on any atom is 0.118 e. The molecule has 66 valence electrons. The number of aromatic nitrogens is 2. The van der Waals surface area contributed by atoms with Gasteiger partial charge in [0.15, 0.2) is 0 Å². The van der Waals surface area contributed by atoms with Crippen LogP contribution < -0.4 is 0 Å². The van der Waals surface area contributed by atoms with E-state index in [0.29, 0.717) is 0 Å². The summed E-state index contributed by atoms with van der Waals surface area (Å²) in [6.45, 7) is 0. The highest BCUT2D eigenvalue weighted by Crippen LogP contribution is 2.35. The van der Waals surface area contributed by atoms with Crippen LogP contribution in [-0.4, -0.2) is 9.97 Å². The van der Waals surface area contributed by atoms with Gasteiger partial charge >= 0.3 is 0 Å². The predicted molar refractivity (Wildman–Crippen MR) is 60.7 cm³/mol. The first-order valence-electron chi connectivity index (χ1n) is 3.48. The molecule has 2 aromatic heterocycles. The van der Waals surface area contributed by atoms with Crippen molar-refractivity contribution in [2.45, 2.75) is 0 Å². The van der Waals surface area contributed by atoms with Gasteiger partial charge in [-0.1, -0.05) is 0 Å². The van der Waals surface area contributed by atoms with Crippen LogP contribution in [0.1, 0.15) is 0 Å². The van der Waals surface area contributed by atoms with Crippen molar-refractivity contribution in [3.63, 3.8) is 0 Å². The summed E-state index contributed by atoms with van der Waals surface area (Å²) in [5, 5.41) is 2.03. The van der Waals surface area contributed by atoms with E-state index in [2.05, 4.69) is 41.8 Å². The Kier molecular flexibility index (Phi) is 2.76. The zero-order chi connectivity index (χ0) is 9.26. The van der Waals surface area contributed by atoms with Gasteiger partial charge in [0.25, 0.3) is 0 Å². The van der Waals surface area contributed by atoms with Gasteiger partial charge in [0.05, 0.1) is 4.88 Å².